The minimum absolute atomic E-state index is 0.0555. The van der Waals surface area contributed by atoms with Gasteiger partial charge in [-0.3, -0.25) is 9.69 Å². The van der Waals surface area contributed by atoms with E-state index in [9.17, 15) is 14.7 Å². The van der Waals surface area contributed by atoms with Gasteiger partial charge in [0.2, 0.25) is 0 Å². The molecule has 7 heteroatoms. The number of phenols is 1. The average Bonchev–Trinajstić information content (AvgIpc) is 2.99. The molecule has 0 bridgehead atoms. The second-order valence-electron chi connectivity index (χ2n) is 6.32. The fourth-order valence-electron chi connectivity index (χ4n) is 2.70. The highest BCUT2D eigenvalue weighted by molar-refractivity contribution is 8.18. The lowest BCUT2D eigenvalue weighted by atomic mass is 10.1. The number of nitrogens with zero attached hydrogens (tertiary/aromatic N) is 2. The molecule has 0 saturated carbocycles. The van der Waals surface area contributed by atoms with E-state index in [0.29, 0.717) is 27.9 Å². The summed E-state index contributed by atoms with van der Waals surface area (Å²) in [5, 5.41) is 10.6. The van der Waals surface area contributed by atoms with Crippen LogP contribution in [0.4, 0.5) is 5.69 Å². The van der Waals surface area contributed by atoms with E-state index in [1.165, 1.54) is 23.8 Å². The van der Waals surface area contributed by atoms with Gasteiger partial charge in [0.1, 0.15) is 11.4 Å². The normalized spacial score (nSPS) is 16.5. The van der Waals surface area contributed by atoms with Gasteiger partial charge < -0.3 is 9.84 Å². The molecule has 1 fully saturated rings. The molecular formula is C22H20N2O4S. The predicted molar refractivity (Wildman–Crippen MR) is 115 cm³/mol. The van der Waals surface area contributed by atoms with Crippen LogP contribution in [0.1, 0.15) is 21.5 Å². The van der Waals surface area contributed by atoms with Crippen molar-refractivity contribution in [3.05, 3.63) is 76.7 Å². The zero-order valence-electron chi connectivity index (χ0n) is 16.1. The van der Waals surface area contributed by atoms with Gasteiger partial charge in [0, 0.05) is 6.54 Å². The van der Waals surface area contributed by atoms with Gasteiger partial charge in [-0.05, 0) is 60.2 Å². The molecule has 1 amide bonds. The summed E-state index contributed by atoms with van der Waals surface area (Å²) in [5.41, 5.74) is 2.51. The number of phenolic OH excluding ortho intramolecular Hbond substituents is 1. The van der Waals surface area contributed by atoms with Crippen molar-refractivity contribution in [1.29, 1.82) is 0 Å². The summed E-state index contributed by atoms with van der Waals surface area (Å²) in [6, 6.07) is 11.9. The number of amidine groups is 1. The van der Waals surface area contributed by atoms with Crippen LogP contribution in [0.2, 0.25) is 0 Å². The van der Waals surface area contributed by atoms with E-state index >= 15 is 0 Å². The van der Waals surface area contributed by atoms with Gasteiger partial charge in [0.05, 0.1) is 17.6 Å². The highest BCUT2D eigenvalue weighted by atomic mass is 32.2. The third-order valence-corrected chi connectivity index (χ3v) is 5.18. The van der Waals surface area contributed by atoms with Crippen molar-refractivity contribution < 1.29 is 19.4 Å². The van der Waals surface area contributed by atoms with Crippen molar-refractivity contribution in [3.8, 4) is 5.75 Å². The third kappa shape index (κ3) is 4.57. The maximum Gasteiger partial charge on any atom is 0.337 e. The van der Waals surface area contributed by atoms with Crippen LogP contribution >= 0.6 is 11.8 Å². The number of aliphatic imine (C=N–C) groups is 1. The zero-order valence-corrected chi connectivity index (χ0v) is 16.9. The number of hydrogen-bond donors (Lipinski definition) is 1. The lowest BCUT2D eigenvalue weighted by Crippen LogP contribution is -2.29. The van der Waals surface area contributed by atoms with E-state index in [-0.39, 0.29) is 11.7 Å². The molecule has 1 saturated heterocycles. The molecule has 0 aromatic heterocycles. The SMILES string of the molecule is C=CCN1C(=O)/C(=C/c2ccc(C(=O)OC)cc2)SC1=Nc1ccc(C)cc1O. The maximum absolute atomic E-state index is 12.8. The topological polar surface area (TPSA) is 79.2 Å². The first-order valence-electron chi connectivity index (χ1n) is 8.82. The highest BCUT2D eigenvalue weighted by Crippen LogP contribution is 2.36. The second-order valence-corrected chi connectivity index (χ2v) is 7.32. The summed E-state index contributed by atoms with van der Waals surface area (Å²) in [7, 11) is 1.33. The van der Waals surface area contributed by atoms with E-state index in [1.54, 1.807) is 48.6 Å². The molecule has 148 valence electrons. The fraction of sp³-hybridized carbons (Fsp3) is 0.136. The number of hydrogen-bond acceptors (Lipinski definition) is 6. The summed E-state index contributed by atoms with van der Waals surface area (Å²) in [6.45, 7) is 5.88. The molecule has 1 aliphatic heterocycles. The molecule has 3 rings (SSSR count). The number of rotatable bonds is 5. The summed E-state index contributed by atoms with van der Waals surface area (Å²) < 4.78 is 4.69. The third-order valence-electron chi connectivity index (χ3n) is 4.18. The zero-order chi connectivity index (χ0) is 21.0. The van der Waals surface area contributed by atoms with E-state index in [4.69, 9.17) is 4.74 Å². The Morgan fingerprint density at radius 3 is 2.62 bits per heavy atom. The van der Waals surface area contributed by atoms with Crippen LogP contribution in [0.15, 0.2) is 65.0 Å². The summed E-state index contributed by atoms with van der Waals surface area (Å²) >= 11 is 1.22. The number of methoxy groups -OCH3 is 1. The first-order chi connectivity index (χ1) is 13.9. The molecule has 0 aliphatic carbocycles. The molecule has 0 radical (unpaired) electrons. The largest absolute Gasteiger partial charge is 0.506 e. The first kappa shape index (κ1) is 20.4. The van der Waals surface area contributed by atoms with Crippen LogP contribution in [-0.2, 0) is 9.53 Å². The van der Waals surface area contributed by atoms with Crippen LogP contribution in [0, 0.1) is 6.92 Å². The minimum atomic E-state index is -0.417. The quantitative estimate of drug-likeness (QED) is 0.454. The number of aromatic hydroxyl groups is 1. The van der Waals surface area contributed by atoms with Gasteiger partial charge in [0.25, 0.3) is 5.91 Å². The van der Waals surface area contributed by atoms with Crippen LogP contribution < -0.4 is 0 Å². The molecule has 0 atom stereocenters. The Kier molecular flexibility index (Phi) is 6.19. The fourth-order valence-corrected chi connectivity index (χ4v) is 3.70. The number of aryl methyl sites for hydroxylation is 1. The van der Waals surface area contributed by atoms with Crippen LogP contribution in [0.25, 0.3) is 6.08 Å². The van der Waals surface area contributed by atoms with Gasteiger partial charge in [-0.1, -0.05) is 24.3 Å². The monoisotopic (exact) mass is 408 g/mol. The lowest BCUT2D eigenvalue weighted by molar-refractivity contribution is -0.121. The van der Waals surface area contributed by atoms with E-state index < -0.39 is 5.97 Å². The number of carbonyl (C=O) groups is 2. The number of ether oxygens (including phenoxy) is 1. The molecular weight excluding hydrogens is 388 g/mol. The number of thioether (sulfide) groups is 1. The molecule has 1 aliphatic rings. The lowest BCUT2D eigenvalue weighted by Gasteiger charge is -2.12. The molecule has 2 aromatic carbocycles. The molecule has 6 nitrogen and oxygen atoms in total. The van der Waals surface area contributed by atoms with Crippen LogP contribution in [0.3, 0.4) is 0 Å². The summed E-state index contributed by atoms with van der Waals surface area (Å²) in [4.78, 5) is 30.9. The van der Waals surface area contributed by atoms with Gasteiger partial charge >= 0.3 is 5.97 Å². The van der Waals surface area contributed by atoms with Crippen molar-refractivity contribution in [2.45, 2.75) is 6.92 Å². The average molecular weight is 408 g/mol. The maximum atomic E-state index is 12.8. The van der Waals surface area contributed by atoms with E-state index in [0.717, 1.165) is 11.1 Å². The van der Waals surface area contributed by atoms with Gasteiger partial charge in [-0.25, -0.2) is 9.79 Å². The molecule has 2 aromatic rings. The number of benzene rings is 2. The molecule has 0 spiro atoms. The van der Waals surface area contributed by atoms with Crippen molar-refractivity contribution >= 4 is 40.6 Å². The molecule has 1 heterocycles. The van der Waals surface area contributed by atoms with Gasteiger partial charge in [-0.15, -0.1) is 6.58 Å². The van der Waals surface area contributed by atoms with Crippen molar-refractivity contribution in [1.82, 2.24) is 4.90 Å². The van der Waals surface area contributed by atoms with Gasteiger partial charge in [-0.2, -0.15) is 0 Å². The Morgan fingerprint density at radius 2 is 2.00 bits per heavy atom. The van der Waals surface area contributed by atoms with Crippen molar-refractivity contribution in [2.24, 2.45) is 4.99 Å². The minimum Gasteiger partial charge on any atom is -0.506 e. The second kappa shape index (κ2) is 8.79. The van der Waals surface area contributed by atoms with Gasteiger partial charge in [0.15, 0.2) is 5.17 Å². The molecule has 1 N–H and O–H groups in total. The number of amides is 1. The Morgan fingerprint density at radius 1 is 1.28 bits per heavy atom. The molecule has 29 heavy (non-hydrogen) atoms. The van der Waals surface area contributed by atoms with Crippen molar-refractivity contribution in [2.75, 3.05) is 13.7 Å². The number of carbonyl (C=O) groups excluding carboxylic acids is 2. The summed E-state index contributed by atoms with van der Waals surface area (Å²) in [6.07, 6.45) is 3.36. The standard InChI is InChI=1S/C22H20N2O4S/c1-4-11-24-20(26)19(13-15-6-8-16(9-7-15)21(27)28-3)29-22(24)23-17-10-5-14(2)12-18(17)25/h4-10,12-13,25H,1,11H2,2-3H3/b19-13-,23-22?. The van der Waals surface area contributed by atoms with Crippen LogP contribution in [0.5, 0.6) is 5.75 Å². The van der Waals surface area contributed by atoms with Crippen LogP contribution in [-0.4, -0.2) is 40.7 Å². The first-order valence-corrected chi connectivity index (χ1v) is 9.63. The predicted octanol–water partition coefficient (Wildman–Crippen LogP) is 4.28. The Hall–Kier alpha value is -3.32. The number of esters is 1. The highest BCUT2D eigenvalue weighted by Gasteiger charge is 2.32. The summed E-state index contributed by atoms with van der Waals surface area (Å²) in [5.74, 6) is -0.558. The van der Waals surface area contributed by atoms with Crippen molar-refractivity contribution in [3.63, 3.8) is 0 Å². The van der Waals surface area contributed by atoms with E-state index in [1.807, 2.05) is 13.0 Å². The van der Waals surface area contributed by atoms with E-state index in [2.05, 4.69) is 11.6 Å². The molecule has 0 unspecified atom stereocenters. The Bertz CT molecular complexity index is 1030. The Balaban J connectivity index is 1.92. The smallest absolute Gasteiger partial charge is 0.337 e. The Labute approximate surface area is 173 Å².